The number of thiol groups is 1. The van der Waals surface area contributed by atoms with Crippen molar-refractivity contribution in [2.45, 2.75) is 30.7 Å². The Bertz CT molecular complexity index is 1270. The van der Waals surface area contributed by atoms with E-state index in [0.29, 0.717) is 4.90 Å². The van der Waals surface area contributed by atoms with Crippen molar-refractivity contribution in [3.05, 3.63) is 115 Å². The summed E-state index contributed by atoms with van der Waals surface area (Å²) in [5.74, 6) is 0. The summed E-state index contributed by atoms with van der Waals surface area (Å²) >= 11 is 0. The lowest BCUT2D eigenvalue weighted by atomic mass is 10.2. The predicted molar refractivity (Wildman–Crippen MR) is 120 cm³/mol. The SMILES string of the molecule is O=S(=O)(c1ccccc1)c1ccc([SH](c2ccccc2)c2ccccc2)cc1C(F)(F)F. The number of hydrogen-bond donors (Lipinski definition) is 1. The van der Waals surface area contributed by atoms with Gasteiger partial charge in [0.1, 0.15) is 0 Å². The van der Waals surface area contributed by atoms with Gasteiger partial charge in [0, 0.05) is 0 Å². The van der Waals surface area contributed by atoms with Gasteiger partial charge in [0.2, 0.25) is 9.84 Å². The van der Waals surface area contributed by atoms with Crippen LogP contribution in [0.25, 0.3) is 0 Å². The van der Waals surface area contributed by atoms with Gasteiger partial charge in [-0.3, -0.25) is 0 Å². The molecule has 2 nitrogen and oxygen atoms in total. The number of rotatable bonds is 5. The summed E-state index contributed by atoms with van der Waals surface area (Å²) < 4.78 is 68.3. The molecule has 0 unspecified atom stereocenters. The number of benzene rings is 4. The fourth-order valence-electron chi connectivity index (χ4n) is 3.44. The van der Waals surface area contributed by atoms with Crippen LogP contribution in [0.5, 0.6) is 0 Å². The van der Waals surface area contributed by atoms with Crippen LogP contribution < -0.4 is 0 Å². The lowest BCUT2D eigenvalue weighted by Crippen LogP contribution is -2.14. The second-order valence-corrected chi connectivity index (χ2v) is 11.1. The van der Waals surface area contributed by atoms with E-state index in [2.05, 4.69) is 0 Å². The Labute approximate surface area is 187 Å². The maximum Gasteiger partial charge on any atom is 0.417 e. The van der Waals surface area contributed by atoms with Gasteiger partial charge in [-0.1, -0.05) is 54.6 Å². The summed E-state index contributed by atoms with van der Waals surface area (Å²) in [6, 6.07) is 29.3. The molecular weight excluding hydrogens is 453 g/mol. The molecule has 4 rings (SSSR count). The Morgan fingerprint density at radius 2 is 1.06 bits per heavy atom. The summed E-state index contributed by atoms with van der Waals surface area (Å²) in [6.45, 7) is 0. The molecule has 0 saturated heterocycles. The Balaban J connectivity index is 1.93. The van der Waals surface area contributed by atoms with E-state index in [1.165, 1.54) is 30.3 Å². The Hall–Kier alpha value is -3.03. The second-order valence-electron chi connectivity index (χ2n) is 7.00. The van der Waals surface area contributed by atoms with Crippen LogP contribution in [0, 0.1) is 0 Å². The number of alkyl halides is 3. The quantitative estimate of drug-likeness (QED) is 0.317. The van der Waals surface area contributed by atoms with Crippen molar-refractivity contribution in [1.82, 2.24) is 0 Å². The van der Waals surface area contributed by atoms with E-state index in [1.54, 1.807) is 6.07 Å². The first-order valence-corrected chi connectivity index (χ1v) is 12.5. The largest absolute Gasteiger partial charge is 0.417 e. The average Bonchev–Trinajstić information content (AvgIpc) is 2.80. The van der Waals surface area contributed by atoms with E-state index in [-0.39, 0.29) is 4.90 Å². The van der Waals surface area contributed by atoms with Crippen molar-refractivity contribution in [2.24, 2.45) is 0 Å². The molecule has 4 aromatic rings. The highest BCUT2D eigenvalue weighted by molar-refractivity contribution is 8.17. The third kappa shape index (κ3) is 4.45. The minimum Gasteiger partial charge on any atom is -0.218 e. The van der Waals surface area contributed by atoms with E-state index in [9.17, 15) is 21.6 Å². The summed E-state index contributed by atoms with van der Waals surface area (Å²) in [6.07, 6.45) is -4.83. The third-order valence-electron chi connectivity index (χ3n) is 4.90. The van der Waals surface area contributed by atoms with Crippen LogP contribution in [0.4, 0.5) is 13.2 Å². The number of halogens is 3. The molecule has 0 heterocycles. The van der Waals surface area contributed by atoms with E-state index in [0.717, 1.165) is 21.9 Å². The molecule has 7 heteroatoms. The van der Waals surface area contributed by atoms with Gasteiger partial charge in [0.25, 0.3) is 0 Å². The summed E-state index contributed by atoms with van der Waals surface area (Å²) in [4.78, 5) is 1.26. The van der Waals surface area contributed by atoms with Crippen molar-refractivity contribution >= 4 is 20.7 Å². The van der Waals surface area contributed by atoms with Gasteiger partial charge in [-0.2, -0.15) is 24.1 Å². The Kier molecular flexibility index (Phi) is 6.13. The Morgan fingerprint density at radius 1 is 0.594 bits per heavy atom. The lowest BCUT2D eigenvalue weighted by molar-refractivity contribution is -0.140. The van der Waals surface area contributed by atoms with Gasteiger partial charge >= 0.3 is 6.18 Å². The zero-order chi connectivity index (χ0) is 22.8. The van der Waals surface area contributed by atoms with Crippen LogP contribution >= 0.6 is 10.9 Å². The van der Waals surface area contributed by atoms with Crippen molar-refractivity contribution in [2.75, 3.05) is 0 Å². The van der Waals surface area contributed by atoms with Crippen LogP contribution in [0.2, 0.25) is 0 Å². The van der Waals surface area contributed by atoms with E-state index in [4.69, 9.17) is 0 Å². The third-order valence-corrected chi connectivity index (χ3v) is 9.15. The molecule has 0 N–H and O–H groups in total. The van der Waals surface area contributed by atoms with Crippen LogP contribution in [0.1, 0.15) is 5.56 Å². The predicted octanol–water partition coefficient (Wildman–Crippen LogP) is 7.02. The van der Waals surface area contributed by atoms with Gasteiger partial charge in [0.05, 0.1) is 15.4 Å². The Morgan fingerprint density at radius 3 is 1.53 bits per heavy atom. The maximum absolute atomic E-state index is 14.1. The van der Waals surface area contributed by atoms with Crippen molar-refractivity contribution in [3.63, 3.8) is 0 Å². The lowest BCUT2D eigenvalue weighted by Gasteiger charge is -2.25. The fraction of sp³-hybridized carbons (Fsp3) is 0.0400. The summed E-state index contributed by atoms with van der Waals surface area (Å²) in [7, 11) is -5.64. The molecule has 0 aromatic heterocycles. The number of sulfone groups is 1. The first kappa shape index (κ1) is 22.2. The van der Waals surface area contributed by atoms with Gasteiger partial charge in [-0.15, -0.1) is 0 Å². The van der Waals surface area contributed by atoms with E-state index in [1.807, 2.05) is 60.7 Å². The highest BCUT2D eigenvalue weighted by Gasteiger charge is 2.38. The van der Waals surface area contributed by atoms with Crippen LogP contribution in [0.15, 0.2) is 134 Å². The molecule has 0 amide bonds. The molecule has 0 atom stereocenters. The molecule has 0 aliphatic rings. The zero-order valence-corrected chi connectivity index (χ0v) is 18.4. The normalized spacial score (nSPS) is 12.4. The molecule has 0 fully saturated rings. The second kappa shape index (κ2) is 8.84. The highest BCUT2D eigenvalue weighted by Crippen LogP contribution is 2.52. The van der Waals surface area contributed by atoms with Crippen LogP contribution in [-0.2, 0) is 16.0 Å². The molecule has 164 valence electrons. The van der Waals surface area contributed by atoms with Crippen LogP contribution in [-0.4, -0.2) is 8.42 Å². The molecule has 0 spiro atoms. The average molecular weight is 473 g/mol. The van der Waals surface area contributed by atoms with Crippen molar-refractivity contribution < 1.29 is 21.6 Å². The fourth-order valence-corrected chi connectivity index (χ4v) is 7.24. The molecule has 0 saturated carbocycles. The maximum atomic E-state index is 14.1. The smallest absolute Gasteiger partial charge is 0.218 e. The molecule has 0 radical (unpaired) electrons. The van der Waals surface area contributed by atoms with Gasteiger partial charge in [0.15, 0.2) is 0 Å². The first-order valence-electron chi connectivity index (χ1n) is 9.70. The van der Waals surface area contributed by atoms with E-state index < -0.39 is 37.4 Å². The molecule has 0 aliphatic heterocycles. The minimum atomic E-state index is -4.83. The molecule has 0 bridgehead atoms. The van der Waals surface area contributed by atoms with Gasteiger partial charge < -0.3 is 0 Å². The molecule has 32 heavy (non-hydrogen) atoms. The molecule has 4 aromatic carbocycles. The highest BCUT2D eigenvalue weighted by atomic mass is 32.2. The molecular formula is C25H19F3O2S2. The van der Waals surface area contributed by atoms with E-state index >= 15 is 0 Å². The van der Waals surface area contributed by atoms with Gasteiger partial charge in [-0.25, -0.2) is 8.42 Å². The van der Waals surface area contributed by atoms with Crippen molar-refractivity contribution in [3.8, 4) is 0 Å². The van der Waals surface area contributed by atoms with Crippen LogP contribution in [0.3, 0.4) is 0 Å². The molecule has 0 aliphatic carbocycles. The standard InChI is InChI=1S/C25H19F3O2S2/c26-25(27,28)23-18-21(16-17-24(23)32(29,30)22-14-8-3-9-15-22)31(19-10-4-1-5-11-19)20-12-6-2-7-13-20/h1-18,31H. The number of hydrogen-bond acceptors (Lipinski definition) is 2. The van der Waals surface area contributed by atoms with Crippen molar-refractivity contribution in [1.29, 1.82) is 0 Å². The monoisotopic (exact) mass is 472 g/mol. The zero-order valence-electron chi connectivity index (χ0n) is 16.7. The first-order chi connectivity index (χ1) is 15.3. The van der Waals surface area contributed by atoms with Gasteiger partial charge in [-0.05, 0) is 69.3 Å². The summed E-state index contributed by atoms with van der Waals surface area (Å²) in [5, 5.41) is 0. The summed E-state index contributed by atoms with van der Waals surface area (Å²) in [5.41, 5.74) is -1.15. The minimum absolute atomic E-state index is 0.174. The topological polar surface area (TPSA) is 34.1 Å².